The summed E-state index contributed by atoms with van der Waals surface area (Å²) in [6, 6.07) is 12.1. The van der Waals surface area contributed by atoms with E-state index in [1.165, 1.54) is 5.56 Å². The molecule has 2 N–H and O–H groups in total. The topological polar surface area (TPSA) is 62.7 Å². The van der Waals surface area contributed by atoms with Gasteiger partial charge in [0.05, 0.1) is 10.9 Å². The average Bonchev–Trinajstić information content (AvgIpc) is 3.24. The van der Waals surface area contributed by atoms with Crippen LogP contribution in [0.3, 0.4) is 0 Å². The molecule has 1 amide bonds. The molecular weight excluding hydrogens is 352 g/mol. The summed E-state index contributed by atoms with van der Waals surface area (Å²) in [6.07, 6.45) is 0.823. The summed E-state index contributed by atoms with van der Waals surface area (Å²) in [7, 11) is 0. The third-order valence-corrected chi connectivity index (χ3v) is 5.20. The van der Waals surface area contributed by atoms with Gasteiger partial charge in [-0.25, -0.2) is 0 Å². The third-order valence-electron chi connectivity index (χ3n) is 4.02. The summed E-state index contributed by atoms with van der Waals surface area (Å²) in [4.78, 5) is 13.6. The lowest BCUT2D eigenvalue weighted by Gasteiger charge is -2.18. The van der Waals surface area contributed by atoms with Gasteiger partial charge in [0.1, 0.15) is 6.54 Å². The molecule has 0 unspecified atom stereocenters. The number of nitrogens with zero attached hydrogens (tertiary/aromatic N) is 2. The average molecular weight is 373 g/mol. The van der Waals surface area contributed by atoms with E-state index in [0.717, 1.165) is 16.9 Å². The molecule has 2 aromatic heterocycles. The van der Waals surface area contributed by atoms with Crippen molar-refractivity contribution in [1.82, 2.24) is 20.1 Å². The predicted molar refractivity (Wildman–Crippen MR) is 103 cm³/mol. The summed E-state index contributed by atoms with van der Waals surface area (Å²) in [5, 5.41) is 12.1. The molecule has 0 fully saturated rings. The van der Waals surface area contributed by atoms with Crippen LogP contribution in [-0.4, -0.2) is 20.7 Å². The van der Waals surface area contributed by atoms with Crippen LogP contribution in [-0.2, 0) is 11.3 Å². The van der Waals surface area contributed by atoms with E-state index in [4.69, 9.17) is 12.2 Å². The number of hydrogen-bond acceptors (Lipinski definition) is 4. The van der Waals surface area contributed by atoms with E-state index in [1.807, 2.05) is 17.5 Å². The van der Waals surface area contributed by atoms with Gasteiger partial charge in [0.25, 0.3) is 0 Å². The van der Waals surface area contributed by atoms with Crippen LogP contribution >= 0.6 is 23.6 Å². The molecule has 7 heteroatoms. The molecule has 3 rings (SSSR count). The number of rotatable bonds is 6. The fourth-order valence-corrected chi connectivity index (χ4v) is 3.58. The first kappa shape index (κ1) is 17.6. The van der Waals surface area contributed by atoms with Crippen molar-refractivity contribution < 1.29 is 4.79 Å². The third kappa shape index (κ3) is 4.05. The van der Waals surface area contributed by atoms with Gasteiger partial charge in [-0.1, -0.05) is 42.8 Å². The number of aromatic amines is 1. The van der Waals surface area contributed by atoms with E-state index in [2.05, 4.69) is 53.6 Å². The summed E-state index contributed by atoms with van der Waals surface area (Å²) in [5.41, 5.74) is 2.31. The normalized spacial score (nSPS) is 12.1. The summed E-state index contributed by atoms with van der Waals surface area (Å²) < 4.78 is 2.18. The highest BCUT2D eigenvalue weighted by molar-refractivity contribution is 7.71. The van der Waals surface area contributed by atoms with Crippen molar-refractivity contribution >= 4 is 29.5 Å². The number of carbonyl (C=O) groups is 1. The van der Waals surface area contributed by atoms with Crippen LogP contribution in [0.15, 0.2) is 41.8 Å². The molecule has 0 aliphatic carbocycles. The second-order valence-corrected chi connectivity index (χ2v) is 7.19. The molecule has 1 aromatic carbocycles. The highest BCUT2D eigenvalue weighted by Gasteiger charge is 2.16. The van der Waals surface area contributed by atoms with E-state index in [9.17, 15) is 4.79 Å². The Labute approximate surface area is 155 Å². The molecule has 0 aliphatic heterocycles. The van der Waals surface area contributed by atoms with Crippen LogP contribution < -0.4 is 5.32 Å². The molecule has 25 heavy (non-hydrogen) atoms. The maximum atomic E-state index is 12.6. The van der Waals surface area contributed by atoms with Crippen molar-refractivity contribution in [3.8, 4) is 10.7 Å². The van der Waals surface area contributed by atoms with Crippen molar-refractivity contribution in [2.24, 2.45) is 0 Å². The highest BCUT2D eigenvalue weighted by atomic mass is 32.1. The molecule has 0 bridgehead atoms. The molecule has 0 saturated heterocycles. The number of aryl methyl sites for hydroxylation is 1. The van der Waals surface area contributed by atoms with Gasteiger partial charge in [-0.3, -0.25) is 14.5 Å². The number of amides is 1. The zero-order chi connectivity index (χ0) is 17.8. The second kappa shape index (κ2) is 7.76. The monoisotopic (exact) mass is 372 g/mol. The lowest BCUT2D eigenvalue weighted by atomic mass is 10.0. The summed E-state index contributed by atoms with van der Waals surface area (Å²) in [6.45, 7) is 4.26. The van der Waals surface area contributed by atoms with E-state index in [1.54, 1.807) is 15.9 Å². The maximum Gasteiger partial charge on any atom is 0.240 e. The fourth-order valence-electron chi connectivity index (χ4n) is 2.66. The Morgan fingerprint density at radius 1 is 1.36 bits per heavy atom. The van der Waals surface area contributed by atoms with Crippen LogP contribution in [0.25, 0.3) is 10.7 Å². The van der Waals surface area contributed by atoms with E-state index < -0.39 is 0 Å². The number of nitrogens with one attached hydrogen (secondary N) is 2. The Kier molecular flexibility index (Phi) is 5.45. The Morgan fingerprint density at radius 3 is 2.76 bits per heavy atom. The number of hydrogen-bond donors (Lipinski definition) is 2. The number of carbonyl (C=O) groups excluding carboxylic acids is 1. The van der Waals surface area contributed by atoms with E-state index >= 15 is 0 Å². The Balaban J connectivity index is 1.75. The van der Waals surface area contributed by atoms with Crippen molar-refractivity contribution in [2.75, 3.05) is 0 Å². The molecule has 0 aliphatic rings. The van der Waals surface area contributed by atoms with E-state index in [0.29, 0.717) is 10.6 Å². The molecule has 2 heterocycles. The number of aromatic nitrogens is 3. The fraction of sp³-hybridized carbons (Fsp3) is 0.278. The van der Waals surface area contributed by atoms with Gasteiger partial charge in [-0.15, -0.1) is 11.3 Å². The van der Waals surface area contributed by atoms with Crippen LogP contribution in [0.5, 0.6) is 0 Å². The minimum Gasteiger partial charge on any atom is -0.348 e. The number of H-pyrrole nitrogens is 1. The largest absolute Gasteiger partial charge is 0.348 e. The molecule has 0 saturated carbocycles. The van der Waals surface area contributed by atoms with Gasteiger partial charge in [0.15, 0.2) is 10.6 Å². The lowest BCUT2D eigenvalue weighted by molar-refractivity contribution is -0.122. The zero-order valence-electron chi connectivity index (χ0n) is 14.2. The Bertz CT molecular complexity index is 894. The molecule has 0 spiro atoms. The molecule has 1 atom stereocenters. The van der Waals surface area contributed by atoms with Gasteiger partial charge < -0.3 is 5.32 Å². The van der Waals surface area contributed by atoms with Gasteiger partial charge in [0, 0.05) is 0 Å². The molecule has 130 valence electrons. The predicted octanol–water partition coefficient (Wildman–Crippen LogP) is 4.25. The maximum absolute atomic E-state index is 12.6. The van der Waals surface area contributed by atoms with Crippen molar-refractivity contribution in [2.45, 2.75) is 32.9 Å². The number of benzene rings is 1. The smallest absolute Gasteiger partial charge is 0.240 e. The van der Waals surface area contributed by atoms with Crippen molar-refractivity contribution in [3.05, 3.63) is 57.7 Å². The van der Waals surface area contributed by atoms with Gasteiger partial charge >= 0.3 is 0 Å². The van der Waals surface area contributed by atoms with Crippen LogP contribution in [0.2, 0.25) is 0 Å². The SMILES string of the molecule is CC[C@@H](NC(=O)Cn1c(-c2cccs2)n[nH]c1=S)c1ccc(C)cc1. The van der Waals surface area contributed by atoms with Crippen molar-refractivity contribution in [3.63, 3.8) is 0 Å². The first-order valence-corrected chi connectivity index (χ1v) is 9.42. The van der Waals surface area contributed by atoms with Crippen LogP contribution in [0, 0.1) is 11.7 Å². The first-order valence-electron chi connectivity index (χ1n) is 8.13. The molecule has 0 radical (unpaired) electrons. The number of thiophene rings is 1. The summed E-state index contributed by atoms with van der Waals surface area (Å²) in [5.74, 6) is 0.612. The van der Waals surface area contributed by atoms with Gasteiger partial charge in [-0.2, -0.15) is 5.10 Å². The Hall–Kier alpha value is -2.25. The van der Waals surface area contributed by atoms with Crippen molar-refractivity contribution in [1.29, 1.82) is 0 Å². The van der Waals surface area contributed by atoms with Gasteiger partial charge in [-0.05, 0) is 42.6 Å². The zero-order valence-corrected chi connectivity index (χ0v) is 15.8. The summed E-state index contributed by atoms with van der Waals surface area (Å²) >= 11 is 6.85. The first-order chi connectivity index (χ1) is 12.1. The highest BCUT2D eigenvalue weighted by Crippen LogP contribution is 2.23. The second-order valence-electron chi connectivity index (χ2n) is 5.85. The minimum absolute atomic E-state index is 0.0145. The molecule has 3 aromatic rings. The lowest BCUT2D eigenvalue weighted by Crippen LogP contribution is -2.31. The van der Waals surface area contributed by atoms with Gasteiger partial charge in [0.2, 0.25) is 5.91 Å². The van der Waals surface area contributed by atoms with Crippen LogP contribution in [0.1, 0.15) is 30.5 Å². The standard InChI is InChI=1S/C18H20N4OS2/c1-3-14(13-8-6-12(2)7-9-13)19-16(23)11-22-17(20-21-18(22)24)15-5-4-10-25-15/h4-10,14H,3,11H2,1-2H3,(H,19,23)(H,21,24)/t14-/m1/s1. The van der Waals surface area contributed by atoms with E-state index in [-0.39, 0.29) is 18.5 Å². The Morgan fingerprint density at radius 2 is 2.12 bits per heavy atom. The van der Waals surface area contributed by atoms with Crippen LogP contribution in [0.4, 0.5) is 0 Å². The minimum atomic E-state index is -0.0808. The molecule has 5 nitrogen and oxygen atoms in total. The molecular formula is C18H20N4OS2. The quantitative estimate of drug-likeness (QED) is 0.636.